The fourth-order valence-corrected chi connectivity index (χ4v) is 3.14. The number of benzene rings is 2. The standard InChI is InChI=1S/C21H27N3O/c1-3-17-5-9-19(10-6-17)22-21(25)24-15-13-23(14-16-24)20-11-7-18(4-2)8-12-20/h5-12H,3-4,13-16H2,1-2H3,(H,22,25). The summed E-state index contributed by atoms with van der Waals surface area (Å²) in [4.78, 5) is 16.7. The highest BCUT2D eigenvalue weighted by molar-refractivity contribution is 5.89. The molecule has 0 spiro atoms. The zero-order valence-corrected chi connectivity index (χ0v) is 15.2. The van der Waals surface area contributed by atoms with Gasteiger partial charge in [0, 0.05) is 37.6 Å². The molecule has 0 aliphatic carbocycles. The molecule has 1 heterocycles. The topological polar surface area (TPSA) is 35.6 Å². The number of piperazine rings is 1. The van der Waals surface area contributed by atoms with Crippen molar-refractivity contribution in [2.24, 2.45) is 0 Å². The van der Waals surface area contributed by atoms with Crippen LogP contribution in [0.5, 0.6) is 0 Å². The van der Waals surface area contributed by atoms with Crippen LogP contribution in [0.3, 0.4) is 0 Å². The molecular weight excluding hydrogens is 310 g/mol. The van der Waals surface area contributed by atoms with E-state index in [2.05, 4.69) is 60.5 Å². The number of nitrogens with one attached hydrogen (secondary N) is 1. The van der Waals surface area contributed by atoms with E-state index in [-0.39, 0.29) is 6.03 Å². The van der Waals surface area contributed by atoms with Crippen LogP contribution in [0.1, 0.15) is 25.0 Å². The van der Waals surface area contributed by atoms with E-state index >= 15 is 0 Å². The first kappa shape index (κ1) is 17.3. The molecule has 4 nitrogen and oxygen atoms in total. The largest absolute Gasteiger partial charge is 0.368 e. The van der Waals surface area contributed by atoms with Gasteiger partial charge in [-0.15, -0.1) is 0 Å². The maximum atomic E-state index is 12.4. The van der Waals surface area contributed by atoms with Crippen LogP contribution in [0.2, 0.25) is 0 Å². The number of urea groups is 1. The van der Waals surface area contributed by atoms with Crippen LogP contribution < -0.4 is 10.2 Å². The number of rotatable bonds is 4. The Balaban J connectivity index is 1.52. The van der Waals surface area contributed by atoms with Crippen LogP contribution in [0.25, 0.3) is 0 Å². The van der Waals surface area contributed by atoms with Gasteiger partial charge in [-0.1, -0.05) is 38.1 Å². The molecular formula is C21H27N3O. The highest BCUT2D eigenvalue weighted by Gasteiger charge is 2.21. The number of anilines is 2. The second-order valence-electron chi connectivity index (χ2n) is 6.47. The average Bonchev–Trinajstić information content (AvgIpc) is 2.69. The molecule has 0 saturated carbocycles. The van der Waals surface area contributed by atoms with Crippen molar-refractivity contribution in [2.45, 2.75) is 26.7 Å². The van der Waals surface area contributed by atoms with E-state index < -0.39 is 0 Å². The van der Waals surface area contributed by atoms with Crippen molar-refractivity contribution in [1.82, 2.24) is 4.90 Å². The minimum Gasteiger partial charge on any atom is -0.368 e. The zero-order valence-electron chi connectivity index (χ0n) is 15.2. The molecule has 0 aromatic heterocycles. The predicted molar refractivity (Wildman–Crippen MR) is 104 cm³/mol. The molecule has 1 aliphatic rings. The Morgan fingerprint density at radius 1 is 0.840 bits per heavy atom. The highest BCUT2D eigenvalue weighted by Crippen LogP contribution is 2.18. The molecule has 1 fully saturated rings. The van der Waals surface area contributed by atoms with E-state index in [1.54, 1.807) is 0 Å². The van der Waals surface area contributed by atoms with Gasteiger partial charge in [-0.05, 0) is 48.2 Å². The molecule has 3 rings (SSSR count). The van der Waals surface area contributed by atoms with Gasteiger partial charge in [0.15, 0.2) is 0 Å². The summed E-state index contributed by atoms with van der Waals surface area (Å²) in [6.45, 7) is 7.52. The quantitative estimate of drug-likeness (QED) is 0.909. The van der Waals surface area contributed by atoms with Crippen LogP contribution in [0.15, 0.2) is 48.5 Å². The van der Waals surface area contributed by atoms with Gasteiger partial charge in [-0.3, -0.25) is 0 Å². The zero-order chi connectivity index (χ0) is 17.6. The van der Waals surface area contributed by atoms with Gasteiger partial charge < -0.3 is 15.1 Å². The Labute approximate surface area is 150 Å². The SMILES string of the molecule is CCc1ccc(NC(=O)N2CCN(c3ccc(CC)cc3)CC2)cc1. The van der Waals surface area contributed by atoms with E-state index in [0.29, 0.717) is 0 Å². The second kappa shape index (κ2) is 8.06. The van der Waals surface area contributed by atoms with Crippen molar-refractivity contribution in [3.8, 4) is 0 Å². The fraction of sp³-hybridized carbons (Fsp3) is 0.381. The smallest absolute Gasteiger partial charge is 0.321 e. The molecule has 1 aliphatic heterocycles. The monoisotopic (exact) mass is 337 g/mol. The maximum absolute atomic E-state index is 12.4. The van der Waals surface area contributed by atoms with E-state index in [4.69, 9.17) is 0 Å². The summed E-state index contributed by atoms with van der Waals surface area (Å²) in [6, 6.07) is 16.8. The van der Waals surface area contributed by atoms with Gasteiger partial charge in [-0.2, -0.15) is 0 Å². The average molecular weight is 337 g/mol. The first-order valence-electron chi connectivity index (χ1n) is 9.18. The Morgan fingerprint density at radius 2 is 1.36 bits per heavy atom. The molecule has 0 radical (unpaired) electrons. The second-order valence-corrected chi connectivity index (χ2v) is 6.47. The molecule has 1 N–H and O–H groups in total. The Bertz CT molecular complexity index is 686. The van der Waals surface area contributed by atoms with Crippen LogP contribution >= 0.6 is 0 Å². The molecule has 2 amide bonds. The molecule has 4 heteroatoms. The van der Waals surface area contributed by atoms with E-state index in [1.807, 2.05) is 17.0 Å². The molecule has 2 aromatic carbocycles. The summed E-state index contributed by atoms with van der Waals surface area (Å²) < 4.78 is 0. The van der Waals surface area contributed by atoms with Crippen molar-refractivity contribution >= 4 is 17.4 Å². The minimum atomic E-state index is -0.00905. The van der Waals surface area contributed by atoms with Gasteiger partial charge >= 0.3 is 6.03 Å². The summed E-state index contributed by atoms with van der Waals surface area (Å²) in [5.74, 6) is 0. The molecule has 0 bridgehead atoms. The van der Waals surface area contributed by atoms with Crippen LogP contribution in [-0.4, -0.2) is 37.1 Å². The van der Waals surface area contributed by atoms with Crippen molar-refractivity contribution in [1.29, 1.82) is 0 Å². The van der Waals surface area contributed by atoms with Gasteiger partial charge in [0.2, 0.25) is 0 Å². The molecule has 2 aromatic rings. The van der Waals surface area contributed by atoms with Crippen molar-refractivity contribution in [3.63, 3.8) is 0 Å². The fourth-order valence-electron chi connectivity index (χ4n) is 3.14. The Hall–Kier alpha value is -2.49. The first-order valence-corrected chi connectivity index (χ1v) is 9.18. The lowest BCUT2D eigenvalue weighted by Gasteiger charge is -2.36. The van der Waals surface area contributed by atoms with Gasteiger partial charge in [0.25, 0.3) is 0 Å². The number of carbonyl (C=O) groups excluding carboxylic acids is 1. The minimum absolute atomic E-state index is 0.00905. The molecule has 1 saturated heterocycles. The molecule has 132 valence electrons. The van der Waals surface area contributed by atoms with Crippen LogP contribution in [0, 0.1) is 0 Å². The number of carbonyl (C=O) groups is 1. The lowest BCUT2D eigenvalue weighted by molar-refractivity contribution is 0.208. The van der Waals surface area contributed by atoms with Gasteiger partial charge in [0.05, 0.1) is 0 Å². The number of hydrogen-bond acceptors (Lipinski definition) is 2. The highest BCUT2D eigenvalue weighted by atomic mass is 16.2. The lowest BCUT2D eigenvalue weighted by Crippen LogP contribution is -2.50. The van der Waals surface area contributed by atoms with E-state index in [1.165, 1.54) is 16.8 Å². The Kier molecular flexibility index (Phi) is 5.59. The van der Waals surface area contributed by atoms with Gasteiger partial charge in [-0.25, -0.2) is 4.79 Å². The third-order valence-corrected chi connectivity index (χ3v) is 4.89. The Morgan fingerprint density at radius 3 is 1.88 bits per heavy atom. The summed E-state index contributed by atoms with van der Waals surface area (Å²) in [5.41, 5.74) is 4.74. The number of amides is 2. The lowest BCUT2D eigenvalue weighted by atomic mass is 10.1. The molecule has 0 atom stereocenters. The van der Waals surface area contributed by atoms with E-state index in [9.17, 15) is 4.79 Å². The van der Waals surface area contributed by atoms with Crippen molar-refractivity contribution in [2.75, 3.05) is 36.4 Å². The van der Waals surface area contributed by atoms with Crippen molar-refractivity contribution < 1.29 is 4.79 Å². The third kappa shape index (κ3) is 4.32. The van der Waals surface area contributed by atoms with Crippen molar-refractivity contribution in [3.05, 3.63) is 59.7 Å². The normalized spacial score (nSPS) is 14.5. The summed E-state index contributed by atoms with van der Waals surface area (Å²) >= 11 is 0. The van der Waals surface area contributed by atoms with Crippen LogP contribution in [-0.2, 0) is 12.8 Å². The number of nitrogens with zero attached hydrogens (tertiary/aromatic N) is 2. The third-order valence-electron chi connectivity index (χ3n) is 4.89. The predicted octanol–water partition coefficient (Wildman–Crippen LogP) is 4.17. The first-order chi connectivity index (χ1) is 12.2. The van der Waals surface area contributed by atoms with Crippen LogP contribution in [0.4, 0.5) is 16.2 Å². The van der Waals surface area contributed by atoms with Gasteiger partial charge in [0.1, 0.15) is 0 Å². The summed E-state index contributed by atoms with van der Waals surface area (Å²) in [5, 5.41) is 3.00. The number of aryl methyl sites for hydroxylation is 2. The summed E-state index contributed by atoms with van der Waals surface area (Å²) in [7, 11) is 0. The maximum Gasteiger partial charge on any atom is 0.321 e. The number of hydrogen-bond donors (Lipinski definition) is 1. The van der Waals surface area contributed by atoms with E-state index in [0.717, 1.165) is 44.7 Å². The molecule has 25 heavy (non-hydrogen) atoms. The molecule has 0 unspecified atom stereocenters. The summed E-state index contributed by atoms with van der Waals surface area (Å²) in [6.07, 6.45) is 2.07.